The Hall–Kier alpha value is -2.43. The Morgan fingerprint density at radius 3 is 2.80 bits per heavy atom. The third kappa shape index (κ3) is 3.32. The number of nitrogens with one attached hydrogen (secondary N) is 2. The van der Waals surface area contributed by atoms with Crippen LogP contribution in [0.3, 0.4) is 0 Å². The predicted octanol–water partition coefficient (Wildman–Crippen LogP) is 2.23. The molecule has 2 N–H and O–H groups in total. The van der Waals surface area contributed by atoms with Crippen molar-refractivity contribution >= 4 is 11.6 Å². The molecule has 0 aliphatic heterocycles. The van der Waals surface area contributed by atoms with Crippen molar-refractivity contribution in [2.75, 3.05) is 18.9 Å². The van der Waals surface area contributed by atoms with E-state index in [2.05, 4.69) is 15.6 Å². The van der Waals surface area contributed by atoms with Crippen molar-refractivity contribution in [2.24, 2.45) is 0 Å². The van der Waals surface area contributed by atoms with Crippen LogP contribution >= 0.6 is 0 Å². The molecule has 0 fully saturated rings. The Kier molecular flexibility index (Phi) is 4.65. The number of rotatable bonds is 5. The minimum absolute atomic E-state index is 0.211. The molecule has 0 aliphatic rings. The van der Waals surface area contributed by atoms with E-state index in [1.165, 1.54) is 12.1 Å². The maximum Gasteiger partial charge on any atom is 0.253 e. The van der Waals surface area contributed by atoms with Gasteiger partial charge in [0, 0.05) is 31.9 Å². The van der Waals surface area contributed by atoms with Gasteiger partial charge < -0.3 is 10.6 Å². The molecule has 1 amide bonds. The minimum atomic E-state index is -0.440. The highest BCUT2D eigenvalue weighted by molar-refractivity contribution is 5.99. The van der Waals surface area contributed by atoms with Gasteiger partial charge in [-0.1, -0.05) is 12.1 Å². The molecular weight excluding hydrogens is 257 g/mol. The van der Waals surface area contributed by atoms with Gasteiger partial charge in [0.05, 0.1) is 11.3 Å². The van der Waals surface area contributed by atoms with E-state index in [0.29, 0.717) is 18.5 Å². The molecule has 2 rings (SSSR count). The summed E-state index contributed by atoms with van der Waals surface area (Å²) >= 11 is 0. The highest BCUT2D eigenvalue weighted by Crippen LogP contribution is 2.18. The maximum atomic E-state index is 13.5. The highest BCUT2D eigenvalue weighted by atomic mass is 19.1. The summed E-state index contributed by atoms with van der Waals surface area (Å²) in [5, 5.41) is 5.47. The Bertz CT molecular complexity index is 587. The van der Waals surface area contributed by atoms with E-state index < -0.39 is 5.82 Å². The quantitative estimate of drug-likeness (QED) is 0.878. The van der Waals surface area contributed by atoms with Crippen LogP contribution in [0.2, 0.25) is 0 Å². The molecule has 0 spiro atoms. The molecule has 0 atom stereocenters. The van der Waals surface area contributed by atoms with Gasteiger partial charge in [-0.05, 0) is 24.3 Å². The molecule has 0 radical (unpaired) electrons. The van der Waals surface area contributed by atoms with E-state index >= 15 is 0 Å². The molecule has 1 aromatic heterocycles. The smallest absolute Gasteiger partial charge is 0.253 e. The molecule has 104 valence electrons. The van der Waals surface area contributed by atoms with Crippen molar-refractivity contribution < 1.29 is 9.18 Å². The number of para-hydroxylation sites is 1. The van der Waals surface area contributed by atoms with Crippen LogP contribution in [0, 0.1) is 5.82 Å². The minimum Gasteiger partial charge on any atom is -0.385 e. The summed E-state index contributed by atoms with van der Waals surface area (Å²) in [6, 6.07) is 10.1. The van der Waals surface area contributed by atoms with E-state index in [9.17, 15) is 9.18 Å². The van der Waals surface area contributed by atoms with Gasteiger partial charge in [-0.3, -0.25) is 9.78 Å². The van der Waals surface area contributed by atoms with Gasteiger partial charge in [-0.25, -0.2) is 4.39 Å². The molecule has 5 heteroatoms. The van der Waals surface area contributed by atoms with Gasteiger partial charge in [0.1, 0.15) is 5.82 Å². The Labute approximate surface area is 117 Å². The number of nitrogens with zero attached hydrogens (tertiary/aromatic N) is 1. The molecule has 4 nitrogen and oxygen atoms in total. The van der Waals surface area contributed by atoms with E-state index in [-0.39, 0.29) is 11.6 Å². The molecule has 0 aliphatic carbocycles. The van der Waals surface area contributed by atoms with Gasteiger partial charge >= 0.3 is 0 Å². The average molecular weight is 273 g/mol. The largest absolute Gasteiger partial charge is 0.385 e. The van der Waals surface area contributed by atoms with Crippen LogP contribution in [-0.2, 0) is 6.42 Å². The topological polar surface area (TPSA) is 54.0 Å². The van der Waals surface area contributed by atoms with E-state index in [1.54, 1.807) is 19.3 Å². The molecular formula is C15H16FN3O. The lowest BCUT2D eigenvalue weighted by Crippen LogP contribution is -2.26. The molecule has 0 bridgehead atoms. The van der Waals surface area contributed by atoms with Gasteiger partial charge in [-0.15, -0.1) is 0 Å². The average Bonchev–Trinajstić information content (AvgIpc) is 2.48. The van der Waals surface area contributed by atoms with Crippen LogP contribution in [0.1, 0.15) is 16.1 Å². The molecule has 1 heterocycles. The van der Waals surface area contributed by atoms with Crippen molar-refractivity contribution in [1.82, 2.24) is 10.3 Å². The zero-order chi connectivity index (χ0) is 14.4. The number of amides is 1. The fourth-order valence-corrected chi connectivity index (χ4v) is 1.91. The summed E-state index contributed by atoms with van der Waals surface area (Å²) < 4.78 is 13.5. The first-order valence-electron chi connectivity index (χ1n) is 6.36. The van der Waals surface area contributed by atoms with E-state index in [4.69, 9.17) is 0 Å². The Morgan fingerprint density at radius 2 is 2.10 bits per heavy atom. The lowest BCUT2D eigenvalue weighted by Gasteiger charge is -2.10. The van der Waals surface area contributed by atoms with Crippen LogP contribution in [0.4, 0.5) is 10.1 Å². The zero-order valence-electron chi connectivity index (χ0n) is 11.2. The summed E-state index contributed by atoms with van der Waals surface area (Å²) in [5.74, 6) is -0.741. The van der Waals surface area contributed by atoms with Crippen molar-refractivity contribution in [3.8, 4) is 0 Å². The summed E-state index contributed by atoms with van der Waals surface area (Å²) in [7, 11) is 1.59. The van der Waals surface area contributed by atoms with Crippen molar-refractivity contribution in [2.45, 2.75) is 6.42 Å². The number of anilines is 1. The second kappa shape index (κ2) is 6.65. The first kappa shape index (κ1) is 14.0. The number of benzene rings is 1. The summed E-state index contributed by atoms with van der Waals surface area (Å²) in [6.07, 6.45) is 2.35. The summed E-state index contributed by atoms with van der Waals surface area (Å²) in [6.45, 7) is 0.454. The van der Waals surface area contributed by atoms with Crippen LogP contribution < -0.4 is 10.6 Å². The van der Waals surface area contributed by atoms with Gasteiger partial charge in [-0.2, -0.15) is 0 Å². The monoisotopic (exact) mass is 273 g/mol. The lowest BCUT2D eigenvalue weighted by molar-refractivity contribution is 0.0954. The number of pyridine rings is 1. The zero-order valence-corrected chi connectivity index (χ0v) is 11.2. The number of halogens is 1. The van der Waals surface area contributed by atoms with Crippen LogP contribution in [0.25, 0.3) is 0 Å². The van der Waals surface area contributed by atoms with Crippen LogP contribution in [0.15, 0.2) is 42.6 Å². The van der Waals surface area contributed by atoms with E-state index in [0.717, 1.165) is 5.69 Å². The summed E-state index contributed by atoms with van der Waals surface area (Å²) in [5.41, 5.74) is 1.41. The van der Waals surface area contributed by atoms with Gasteiger partial charge in [0.15, 0.2) is 0 Å². The van der Waals surface area contributed by atoms with Crippen molar-refractivity contribution in [1.29, 1.82) is 0 Å². The number of hydrogen-bond acceptors (Lipinski definition) is 3. The number of hydrogen-bond donors (Lipinski definition) is 2. The molecule has 1 aromatic carbocycles. The fraction of sp³-hybridized carbons (Fsp3) is 0.200. The first-order valence-corrected chi connectivity index (χ1v) is 6.36. The first-order chi connectivity index (χ1) is 9.72. The van der Waals surface area contributed by atoms with Gasteiger partial charge in [0.2, 0.25) is 0 Å². The third-order valence-corrected chi connectivity index (χ3v) is 2.90. The third-order valence-electron chi connectivity index (χ3n) is 2.90. The maximum absolute atomic E-state index is 13.5. The van der Waals surface area contributed by atoms with E-state index in [1.807, 2.05) is 18.2 Å². The number of aromatic nitrogens is 1. The Morgan fingerprint density at radius 1 is 1.25 bits per heavy atom. The molecule has 0 saturated heterocycles. The highest BCUT2D eigenvalue weighted by Gasteiger charge is 2.13. The Balaban J connectivity index is 1.97. The van der Waals surface area contributed by atoms with Gasteiger partial charge in [0.25, 0.3) is 5.91 Å². The molecule has 0 saturated carbocycles. The van der Waals surface area contributed by atoms with Crippen molar-refractivity contribution in [3.05, 3.63) is 59.7 Å². The normalized spacial score (nSPS) is 10.1. The number of carbonyl (C=O) groups is 1. The standard InChI is InChI=1S/C15H16FN3O/c1-17-14-12(6-4-7-13(14)16)15(20)19-10-8-11-5-2-3-9-18-11/h2-7,9,17H,8,10H2,1H3,(H,19,20). The lowest BCUT2D eigenvalue weighted by atomic mass is 10.1. The fourth-order valence-electron chi connectivity index (χ4n) is 1.91. The second-order valence-corrected chi connectivity index (χ2v) is 4.24. The molecule has 0 unspecified atom stereocenters. The van der Waals surface area contributed by atoms with Crippen LogP contribution in [-0.4, -0.2) is 24.5 Å². The van der Waals surface area contributed by atoms with Crippen LogP contribution in [0.5, 0.6) is 0 Å². The predicted molar refractivity (Wildman–Crippen MR) is 76.2 cm³/mol. The van der Waals surface area contributed by atoms with Crippen molar-refractivity contribution in [3.63, 3.8) is 0 Å². The number of carbonyl (C=O) groups excluding carboxylic acids is 1. The molecule has 20 heavy (non-hydrogen) atoms. The molecule has 2 aromatic rings. The SMILES string of the molecule is CNc1c(F)cccc1C(=O)NCCc1ccccn1. The second-order valence-electron chi connectivity index (χ2n) is 4.24. The summed E-state index contributed by atoms with van der Waals surface area (Å²) in [4.78, 5) is 16.2.